The van der Waals surface area contributed by atoms with E-state index >= 15 is 0 Å². The Balaban J connectivity index is 1.84. The Hall–Kier alpha value is -0.222. The molecule has 0 N–H and O–H groups in total. The average Bonchev–Trinajstić information content (AvgIpc) is 3.04. The van der Waals surface area contributed by atoms with Gasteiger partial charge in [0.15, 0.2) is 0 Å². The van der Waals surface area contributed by atoms with Crippen LogP contribution in [0.1, 0.15) is 0 Å². The van der Waals surface area contributed by atoms with Crippen LogP contribution in [0.3, 0.4) is 0 Å². The van der Waals surface area contributed by atoms with Gasteiger partial charge in [0.25, 0.3) is 0 Å². The first kappa shape index (κ1) is 11.8. The van der Waals surface area contributed by atoms with Crippen LogP contribution in [0, 0.1) is 60.8 Å². The van der Waals surface area contributed by atoms with Gasteiger partial charge in [-0.3, -0.25) is 0 Å². The van der Waals surface area contributed by atoms with Crippen LogP contribution in [0.15, 0.2) is 30.3 Å². The number of benzene rings is 1. The van der Waals surface area contributed by atoms with Gasteiger partial charge in [-0.25, -0.2) is 0 Å². The summed E-state index contributed by atoms with van der Waals surface area (Å²) in [5.41, 5.74) is 0. The predicted molar refractivity (Wildman–Crippen MR) is 72.7 cm³/mol. The summed E-state index contributed by atoms with van der Waals surface area (Å²) in [7, 11) is 0. The van der Waals surface area contributed by atoms with Crippen LogP contribution in [0.5, 0.6) is 0 Å². The quantitative estimate of drug-likeness (QED) is 0.745. The normalized spacial score (nSPS) is 22.6. The summed E-state index contributed by atoms with van der Waals surface area (Å²) < 4.78 is 4.52. The molecule has 0 aromatic heterocycles. The summed E-state index contributed by atoms with van der Waals surface area (Å²) >= 11 is -1.29. The molecule has 2 saturated carbocycles. The van der Waals surface area contributed by atoms with Crippen molar-refractivity contribution in [2.24, 2.45) is 0 Å². The van der Waals surface area contributed by atoms with Gasteiger partial charge in [-0.2, -0.15) is 0 Å². The Bertz CT molecular complexity index is 318. The molecule has 0 amide bonds. The summed E-state index contributed by atoms with van der Waals surface area (Å²) in [5, 5.41) is 0. The van der Waals surface area contributed by atoms with Crippen molar-refractivity contribution in [2.75, 3.05) is 0 Å². The zero-order chi connectivity index (χ0) is 11.5. The molecule has 0 aliphatic heterocycles. The van der Waals surface area contributed by atoms with Gasteiger partial charge in [-0.1, -0.05) is 0 Å². The van der Waals surface area contributed by atoms with E-state index in [0.717, 1.165) is 0 Å². The summed E-state index contributed by atoms with van der Waals surface area (Å²) in [4.78, 5) is 0. The van der Waals surface area contributed by atoms with Crippen molar-refractivity contribution in [3.63, 3.8) is 0 Å². The van der Waals surface area contributed by atoms with E-state index in [9.17, 15) is 0 Å². The molecule has 0 saturated heterocycles. The van der Waals surface area contributed by atoms with E-state index < -0.39 is 14.7 Å². The van der Waals surface area contributed by atoms with Crippen molar-refractivity contribution < 1.29 is 0 Å². The fourth-order valence-corrected chi connectivity index (χ4v) is 6.89. The van der Waals surface area contributed by atoms with Crippen molar-refractivity contribution in [3.8, 4) is 0 Å². The molecule has 3 rings (SSSR count). The van der Waals surface area contributed by atoms with E-state index in [-0.39, 0.29) is 0 Å². The van der Waals surface area contributed by atoms with Gasteiger partial charge in [-0.05, 0) is 0 Å². The van der Waals surface area contributed by atoms with Gasteiger partial charge in [0.1, 0.15) is 0 Å². The molecule has 82 valence electrons. The first-order valence-corrected chi connectivity index (χ1v) is 8.55. The molecular weight excluding hydrogens is 267 g/mol. The van der Waals surface area contributed by atoms with E-state index in [1.165, 1.54) is 13.8 Å². The zero-order valence-electron chi connectivity index (χ0n) is 9.45. The molecule has 0 nitrogen and oxygen atoms in total. The van der Waals surface area contributed by atoms with Gasteiger partial charge in [0, 0.05) is 0 Å². The van der Waals surface area contributed by atoms with Crippen LogP contribution >= 0.6 is 0 Å². The van der Waals surface area contributed by atoms with Crippen molar-refractivity contribution in [1.29, 1.82) is 0 Å². The van der Waals surface area contributed by atoms with E-state index in [2.05, 4.69) is 81.7 Å². The zero-order valence-corrected chi connectivity index (χ0v) is 11.3. The molecule has 0 bridgehead atoms. The Kier molecular flexibility index (Phi) is 3.91. The molecule has 0 spiro atoms. The summed E-state index contributed by atoms with van der Waals surface area (Å²) in [5.74, 6) is 0. The molecule has 17 heavy (non-hydrogen) atoms. The maximum absolute atomic E-state index is 2.26. The van der Waals surface area contributed by atoms with Crippen LogP contribution in [0.25, 0.3) is 0 Å². The average molecular weight is 280 g/mol. The topological polar surface area (TPSA) is 0 Å². The second kappa shape index (κ2) is 5.61. The van der Waals surface area contributed by atoms with Gasteiger partial charge in [-0.15, -0.1) is 0 Å². The van der Waals surface area contributed by atoms with E-state index in [1.54, 1.807) is 0 Å². The second-order valence-electron chi connectivity index (χ2n) is 3.96. The van der Waals surface area contributed by atoms with Gasteiger partial charge >= 0.3 is 110 Å². The Morgan fingerprint density at radius 2 is 1.06 bits per heavy atom. The molecule has 0 unspecified atom stereocenters. The fraction of sp³-hybridized carbons (Fsp3) is 0. The van der Waals surface area contributed by atoms with Crippen molar-refractivity contribution >= 4 is 19.0 Å². The molecule has 1 aromatic rings. The minimum absolute atomic E-state index is 1.29. The van der Waals surface area contributed by atoms with Crippen LogP contribution in [-0.2, 0) is 0 Å². The molecular formula is C16H13As. The molecule has 2 aliphatic carbocycles. The summed E-state index contributed by atoms with van der Waals surface area (Å²) in [6.45, 7) is 0. The van der Waals surface area contributed by atoms with Crippen molar-refractivity contribution in [1.82, 2.24) is 0 Å². The molecule has 2 fully saturated rings. The molecule has 1 aromatic carbocycles. The first-order chi connectivity index (χ1) is 8.45. The second-order valence-corrected chi connectivity index (χ2v) is 8.61. The van der Waals surface area contributed by atoms with E-state index in [1.807, 2.05) is 0 Å². The van der Waals surface area contributed by atoms with Crippen molar-refractivity contribution in [2.45, 2.75) is 0 Å². The van der Waals surface area contributed by atoms with Crippen LogP contribution < -0.4 is 4.35 Å². The molecule has 1 heteroatoms. The van der Waals surface area contributed by atoms with Gasteiger partial charge in [0.2, 0.25) is 0 Å². The number of rotatable bonds is 3. The summed E-state index contributed by atoms with van der Waals surface area (Å²) in [6, 6.07) is 10.9. The third-order valence-corrected chi connectivity index (χ3v) is 7.95. The standard InChI is InChI=1S/C16H13As/c1-2-8-14(9-3-1)17(15-10-4-5-11-15)16-12-6-7-13-16/h1-13H. The third kappa shape index (κ3) is 2.63. The Morgan fingerprint density at radius 1 is 0.588 bits per heavy atom. The maximum atomic E-state index is 2.26. The Morgan fingerprint density at radius 3 is 1.53 bits per heavy atom. The monoisotopic (exact) mass is 280 g/mol. The van der Waals surface area contributed by atoms with E-state index in [4.69, 9.17) is 0 Å². The van der Waals surface area contributed by atoms with Crippen LogP contribution in [-0.4, -0.2) is 14.7 Å². The molecule has 10 radical (unpaired) electrons. The van der Waals surface area contributed by atoms with Gasteiger partial charge < -0.3 is 0 Å². The molecule has 0 heterocycles. The first-order valence-electron chi connectivity index (χ1n) is 5.74. The van der Waals surface area contributed by atoms with Crippen molar-refractivity contribution in [3.05, 3.63) is 91.1 Å². The fourth-order valence-electron chi connectivity index (χ4n) is 2.05. The summed E-state index contributed by atoms with van der Waals surface area (Å²) in [6.07, 6.45) is 17.6. The predicted octanol–water partition coefficient (Wildman–Crippen LogP) is 2.28. The van der Waals surface area contributed by atoms with Crippen LogP contribution in [0.2, 0.25) is 0 Å². The van der Waals surface area contributed by atoms with Crippen LogP contribution in [0.4, 0.5) is 0 Å². The molecule has 2 aliphatic rings. The SMILES string of the molecule is [CH]1[CH][CH][C]([As]([C]2[CH][CH][CH][CH]2)c2ccccc2)[CH]1. The Labute approximate surface area is 110 Å². The minimum atomic E-state index is -1.29. The van der Waals surface area contributed by atoms with Gasteiger partial charge in [0.05, 0.1) is 0 Å². The van der Waals surface area contributed by atoms with E-state index in [0.29, 0.717) is 0 Å². The number of hydrogen-bond donors (Lipinski definition) is 0. The number of hydrogen-bond acceptors (Lipinski definition) is 0. The third-order valence-electron chi connectivity index (χ3n) is 2.82. The molecule has 0 atom stereocenters.